The van der Waals surface area contributed by atoms with Crippen LogP contribution in [0, 0.1) is 12.8 Å². The zero-order valence-electron chi connectivity index (χ0n) is 16.6. The molecule has 2 aliphatic rings. The topological polar surface area (TPSA) is 75.6 Å². The molecule has 28 heavy (non-hydrogen) atoms. The van der Waals surface area contributed by atoms with Crippen LogP contribution in [0.15, 0.2) is 24.3 Å². The molecule has 1 spiro atoms. The van der Waals surface area contributed by atoms with Gasteiger partial charge in [0.05, 0.1) is 41.0 Å². The molecule has 0 bridgehead atoms. The van der Waals surface area contributed by atoms with Gasteiger partial charge in [-0.25, -0.2) is 9.97 Å². The molecule has 2 aliphatic heterocycles. The van der Waals surface area contributed by atoms with E-state index < -0.39 is 5.54 Å². The number of hydrogen-bond acceptors (Lipinski definition) is 6. The minimum absolute atomic E-state index is 0.0279. The summed E-state index contributed by atoms with van der Waals surface area (Å²) in [5.74, 6) is -0.623. The molecule has 0 radical (unpaired) electrons. The smallest absolute Gasteiger partial charge is 0.311 e. The zero-order valence-corrected chi connectivity index (χ0v) is 16.6. The van der Waals surface area contributed by atoms with Crippen molar-refractivity contribution in [3.8, 4) is 0 Å². The number of carbonyl (C=O) groups is 2. The van der Waals surface area contributed by atoms with Crippen molar-refractivity contribution in [2.24, 2.45) is 5.92 Å². The molecule has 3 heterocycles. The van der Waals surface area contributed by atoms with E-state index in [9.17, 15) is 9.59 Å². The number of esters is 1. The molecule has 1 aromatic carbocycles. The maximum Gasteiger partial charge on any atom is 0.311 e. The molecular weight excluding hydrogens is 356 g/mol. The average molecular weight is 382 g/mol. The lowest BCUT2D eigenvalue weighted by atomic mass is 9.77. The molecule has 148 valence electrons. The number of aryl methyl sites for hydroxylation is 1. The molecule has 0 N–H and O–H groups in total. The van der Waals surface area contributed by atoms with Crippen LogP contribution < -0.4 is 0 Å². The van der Waals surface area contributed by atoms with Gasteiger partial charge < -0.3 is 9.64 Å². The second-order valence-corrected chi connectivity index (χ2v) is 7.86. The first-order valence-corrected chi connectivity index (χ1v) is 9.74. The predicted molar refractivity (Wildman–Crippen MR) is 104 cm³/mol. The van der Waals surface area contributed by atoms with Gasteiger partial charge in [0.25, 0.3) is 0 Å². The summed E-state index contributed by atoms with van der Waals surface area (Å²) in [4.78, 5) is 38.2. The number of amides is 1. The molecule has 2 fully saturated rings. The molecule has 7 heteroatoms. The minimum Gasteiger partial charge on any atom is -0.469 e. The lowest BCUT2D eigenvalue weighted by Gasteiger charge is -2.45. The summed E-state index contributed by atoms with van der Waals surface area (Å²) >= 11 is 0. The molecule has 1 amide bonds. The van der Waals surface area contributed by atoms with E-state index in [1.54, 1.807) is 4.90 Å². The van der Waals surface area contributed by atoms with Gasteiger partial charge in [-0.2, -0.15) is 0 Å². The van der Waals surface area contributed by atoms with Crippen molar-refractivity contribution in [3.63, 3.8) is 0 Å². The van der Waals surface area contributed by atoms with Gasteiger partial charge in [-0.3, -0.25) is 14.5 Å². The van der Waals surface area contributed by atoms with Crippen LogP contribution in [0.1, 0.15) is 30.7 Å². The van der Waals surface area contributed by atoms with Crippen molar-refractivity contribution in [2.75, 3.05) is 27.2 Å². The van der Waals surface area contributed by atoms with Crippen molar-refractivity contribution in [3.05, 3.63) is 35.7 Å². The van der Waals surface area contributed by atoms with E-state index >= 15 is 0 Å². The summed E-state index contributed by atoms with van der Waals surface area (Å²) in [6.07, 6.45) is 1.77. The summed E-state index contributed by atoms with van der Waals surface area (Å²) in [6.45, 7) is 4.33. The number of methoxy groups -OCH3 is 1. The Kier molecular flexibility index (Phi) is 4.79. The van der Waals surface area contributed by atoms with Crippen LogP contribution in [0.4, 0.5) is 0 Å². The Labute approximate surface area is 164 Å². The van der Waals surface area contributed by atoms with E-state index in [1.807, 2.05) is 38.2 Å². The first-order chi connectivity index (χ1) is 13.4. The molecule has 0 saturated carbocycles. The number of hydrogen-bond donors (Lipinski definition) is 0. The van der Waals surface area contributed by atoms with E-state index in [0.717, 1.165) is 54.9 Å². The fourth-order valence-electron chi connectivity index (χ4n) is 4.70. The third-order valence-corrected chi connectivity index (χ3v) is 6.49. The molecule has 1 unspecified atom stereocenters. The SMILES string of the molecule is COC(=O)C1CC(=O)N(C)C12CCN(Cc1nc3ccccc3nc1C)CC2. The maximum atomic E-state index is 12.3. The highest BCUT2D eigenvalue weighted by atomic mass is 16.5. The van der Waals surface area contributed by atoms with Crippen molar-refractivity contribution < 1.29 is 14.3 Å². The molecule has 7 nitrogen and oxygen atoms in total. The fourth-order valence-corrected chi connectivity index (χ4v) is 4.70. The zero-order chi connectivity index (χ0) is 19.9. The summed E-state index contributed by atoms with van der Waals surface area (Å²) < 4.78 is 4.99. The van der Waals surface area contributed by atoms with E-state index in [4.69, 9.17) is 9.72 Å². The lowest BCUT2D eigenvalue weighted by Crippen LogP contribution is -2.56. The van der Waals surface area contributed by atoms with Crippen LogP contribution in [0.5, 0.6) is 0 Å². The third kappa shape index (κ3) is 3.03. The third-order valence-electron chi connectivity index (χ3n) is 6.49. The second kappa shape index (κ2) is 7.13. The van der Waals surface area contributed by atoms with Gasteiger partial charge in [-0.05, 0) is 31.9 Å². The van der Waals surface area contributed by atoms with Crippen LogP contribution in [0.2, 0.25) is 0 Å². The molecule has 1 atom stereocenters. The van der Waals surface area contributed by atoms with Crippen molar-refractivity contribution in [2.45, 2.75) is 38.3 Å². The minimum atomic E-state index is -0.426. The monoisotopic (exact) mass is 382 g/mol. The first-order valence-electron chi connectivity index (χ1n) is 9.74. The van der Waals surface area contributed by atoms with E-state index in [2.05, 4.69) is 9.88 Å². The van der Waals surface area contributed by atoms with Gasteiger partial charge in [0.15, 0.2) is 0 Å². The molecule has 2 aromatic rings. The van der Waals surface area contributed by atoms with E-state index in [1.165, 1.54) is 7.11 Å². The van der Waals surface area contributed by atoms with Gasteiger partial charge in [0.2, 0.25) is 5.91 Å². The second-order valence-electron chi connectivity index (χ2n) is 7.86. The number of piperidine rings is 1. The quantitative estimate of drug-likeness (QED) is 0.755. The van der Waals surface area contributed by atoms with Crippen LogP contribution >= 0.6 is 0 Å². The maximum absolute atomic E-state index is 12.3. The van der Waals surface area contributed by atoms with Gasteiger partial charge >= 0.3 is 5.97 Å². The number of para-hydroxylation sites is 2. The fraction of sp³-hybridized carbons (Fsp3) is 0.524. The Balaban J connectivity index is 1.50. The number of carbonyl (C=O) groups excluding carboxylic acids is 2. The van der Waals surface area contributed by atoms with Gasteiger partial charge in [0, 0.05) is 33.1 Å². The normalized spacial score (nSPS) is 22.2. The van der Waals surface area contributed by atoms with Gasteiger partial charge in [0.1, 0.15) is 0 Å². The number of rotatable bonds is 3. The van der Waals surface area contributed by atoms with Crippen LogP contribution in [0.25, 0.3) is 11.0 Å². The van der Waals surface area contributed by atoms with Gasteiger partial charge in [-0.15, -0.1) is 0 Å². The Morgan fingerprint density at radius 2 is 1.86 bits per heavy atom. The molecule has 0 aliphatic carbocycles. The summed E-state index contributed by atoms with van der Waals surface area (Å²) in [6, 6.07) is 7.90. The summed E-state index contributed by atoms with van der Waals surface area (Å²) in [7, 11) is 3.22. The molecule has 2 saturated heterocycles. The van der Waals surface area contributed by atoms with Crippen molar-refractivity contribution >= 4 is 22.9 Å². The summed E-state index contributed by atoms with van der Waals surface area (Å²) in [5.41, 5.74) is 3.32. The Morgan fingerprint density at radius 1 is 1.21 bits per heavy atom. The number of likely N-dealkylation sites (tertiary alicyclic amines) is 2. The Morgan fingerprint density at radius 3 is 2.50 bits per heavy atom. The molecule has 1 aromatic heterocycles. The number of ether oxygens (including phenoxy) is 1. The standard InChI is InChI=1S/C21H26N4O3/c1-14-18(23-17-7-5-4-6-16(17)22-14)13-25-10-8-21(9-11-25)15(20(27)28-3)12-19(26)24(21)2/h4-7,15H,8-13H2,1-3H3. The molecular formula is C21H26N4O3. The van der Waals surface area contributed by atoms with Crippen molar-refractivity contribution in [1.29, 1.82) is 0 Å². The number of aromatic nitrogens is 2. The Hall–Kier alpha value is -2.54. The van der Waals surface area contributed by atoms with Crippen LogP contribution in [0.3, 0.4) is 0 Å². The lowest BCUT2D eigenvalue weighted by molar-refractivity contribution is -0.150. The first kappa shape index (κ1) is 18.8. The van der Waals surface area contributed by atoms with Crippen LogP contribution in [-0.4, -0.2) is 64.4 Å². The predicted octanol–water partition coefficient (Wildman–Crippen LogP) is 1.92. The number of benzene rings is 1. The Bertz CT molecular complexity index is 921. The van der Waals surface area contributed by atoms with Gasteiger partial charge in [-0.1, -0.05) is 12.1 Å². The summed E-state index contributed by atoms with van der Waals surface area (Å²) in [5, 5.41) is 0. The highest BCUT2D eigenvalue weighted by Gasteiger charge is 2.55. The largest absolute Gasteiger partial charge is 0.469 e. The highest BCUT2D eigenvalue weighted by molar-refractivity contribution is 5.88. The number of nitrogens with zero attached hydrogens (tertiary/aromatic N) is 4. The highest BCUT2D eigenvalue weighted by Crippen LogP contribution is 2.43. The van der Waals surface area contributed by atoms with E-state index in [-0.39, 0.29) is 24.2 Å². The number of fused-ring (bicyclic) bond motifs is 1. The van der Waals surface area contributed by atoms with Crippen molar-refractivity contribution in [1.82, 2.24) is 19.8 Å². The molecule has 4 rings (SSSR count). The van der Waals surface area contributed by atoms with E-state index in [0.29, 0.717) is 0 Å². The van der Waals surface area contributed by atoms with Crippen LogP contribution in [-0.2, 0) is 20.9 Å². The average Bonchev–Trinajstić information content (AvgIpc) is 2.95.